The van der Waals surface area contributed by atoms with Crippen LogP contribution >= 0.6 is 0 Å². The summed E-state index contributed by atoms with van der Waals surface area (Å²) in [5.41, 5.74) is 2.78. The van der Waals surface area contributed by atoms with Gasteiger partial charge in [0, 0.05) is 42.1 Å². The molecule has 0 radical (unpaired) electrons. The van der Waals surface area contributed by atoms with Crippen molar-refractivity contribution in [3.05, 3.63) is 54.1 Å². The van der Waals surface area contributed by atoms with Gasteiger partial charge in [0.05, 0.1) is 6.54 Å². The van der Waals surface area contributed by atoms with Crippen molar-refractivity contribution in [1.29, 1.82) is 0 Å². The van der Waals surface area contributed by atoms with E-state index in [4.69, 9.17) is 0 Å². The van der Waals surface area contributed by atoms with Crippen molar-refractivity contribution >= 4 is 34.8 Å². The Bertz CT molecular complexity index is 901. The Balaban J connectivity index is 1.46. The van der Waals surface area contributed by atoms with Crippen LogP contribution in [0.3, 0.4) is 0 Å². The van der Waals surface area contributed by atoms with Crippen LogP contribution in [-0.4, -0.2) is 42.3 Å². The number of piperidine rings is 1. The number of nitrogens with zero attached hydrogens (tertiary/aromatic N) is 1. The molecule has 3 amide bonds. The Morgan fingerprint density at radius 2 is 1.35 bits per heavy atom. The van der Waals surface area contributed by atoms with Gasteiger partial charge in [0.15, 0.2) is 0 Å². The molecule has 0 unspecified atom stereocenters. The smallest absolute Gasteiger partial charge is 0.253 e. The highest BCUT2D eigenvalue weighted by Crippen LogP contribution is 2.19. The number of rotatable bonds is 7. The van der Waals surface area contributed by atoms with E-state index in [2.05, 4.69) is 22.9 Å². The topological polar surface area (TPSA) is 90.5 Å². The molecule has 0 aliphatic carbocycles. The van der Waals surface area contributed by atoms with Gasteiger partial charge in [0.1, 0.15) is 0 Å². The molecule has 1 saturated heterocycles. The van der Waals surface area contributed by atoms with Crippen LogP contribution in [-0.2, 0) is 9.59 Å². The first-order chi connectivity index (χ1) is 14.9. The lowest BCUT2D eigenvalue weighted by molar-refractivity contribution is -0.116. The number of nitrogens with one attached hydrogen (secondary N) is 3. The van der Waals surface area contributed by atoms with Gasteiger partial charge in [-0.1, -0.05) is 13.8 Å². The largest absolute Gasteiger partial charge is 0.376 e. The molecule has 0 spiro atoms. The van der Waals surface area contributed by atoms with Crippen molar-refractivity contribution in [2.24, 2.45) is 5.92 Å². The van der Waals surface area contributed by atoms with Gasteiger partial charge in [0.2, 0.25) is 11.8 Å². The third kappa shape index (κ3) is 6.57. The SMILES string of the molecule is CCC(=O)Nc1ccc(NCC(=O)Nc2ccc(C(=O)N3CCC(C)CC3)cc2)cc1. The van der Waals surface area contributed by atoms with Crippen molar-refractivity contribution < 1.29 is 14.4 Å². The minimum absolute atomic E-state index is 0.0432. The standard InChI is InChI=1S/C24H30N4O3/c1-3-22(29)26-21-10-8-19(9-11-21)25-16-23(30)27-20-6-4-18(5-7-20)24(31)28-14-12-17(2)13-15-28/h4-11,17,25H,3,12-16H2,1-2H3,(H,26,29)(H,27,30). The first-order valence-corrected chi connectivity index (χ1v) is 10.8. The molecule has 3 N–H and O–H groups in total. The zero-order valence-electron chi connectivity index (χ0n) is 18.1. The second kappa shape index (κ2) is 10.6. The van der Waals surface area contributed by atoms with Gasteiger partial charge in [-0.15, -0.1) is 0 Å². The summed E-state index contributed by atoms with van der Waals surface area (Å²) in [5, 5.41) is 8.65. The van der Waals surface area contributed by atoms with Crippen LogP contribution in [0.25, 0.3) is 0 Å². The van der Waals surface area contributed by atoms with Crippen LogP contribution in [0.1, 0.15) is 43.5 Å². The molecule has 1 aliphatic heterocycles. The highest BCUT2D eigenvalue weighted by Gasteiger charge is 2.21. The van der Waals surface area contributed by atoms with E-state index in [1.54, 1.807) is 55.5 Å². The molecule has 7 heteroatoms. The number of hydrogen-bond acceptors (Lipinski definition) is 4. The van der Waals surface area contributed by atoms with Crippen molar-refractivity contribution in [2.45, 2.75) is 33.1 Å². The van der Waals surface area contributed by atoms with Gasteiger partial charge in [-0.2, -0.15) is 0 Å². The number of hydrogen-bond donors (Lipinski definition) is 3. The molecule has 1 heterocycles. The first kappa shape index (κ1) is 22.3. The number of amides is 3. The van der Waals surface area contributed by atoms with Gasteiger partial charge in [-0.3, -0.25) is 14.4 Å². The summed E-state index contributed by atoms with van der Waals surface area (Å²) in [6.07, 6.45) is 2.51. The Morgan fingerprint density at radius 1 is 0.839 bits per heavy atom. The monoisotopic (exact) mass is 422 g/mol. The maximum atomic E-state index is 12.6. The van der Waals surface area contributed by atoms with Gasteiger partial charge in [0.25, 0.3) is 5.91 Å². The quantitative estimate of drug-likeness (QED) is 0.630. The lowest BCUT2D eigenvalue weighted by atomic mass is 9.98. The summed E-state index contributed by atoms with van der Waals surface area (Å²) in [6, 6.07) is 14.2. The van der Waals surface area contributed by atoms with E-state index in [-0.39, 0.29) is 24.3 Å². The molecule has 1 aliphatic rings. The van der Waals surface area contributed by atoms with E-state index in [1.807, 2.05) is 4.90 Å². The van der Waals surface area contributed by atoms with Crippen LogP contribution in [0.2, 0.25) is 0 Å². The molecular weight excluding hydrogens is 392 g/mol. The number of carbonyl (C=O) groups is 3. The summed E-state index contributed by atoms with van der Waals surface area (Å²) >= 11 is 0. The highest BCUT2D eigenvalue weighted by atomic mass is 16.2. The third-order valence-corrected chi connectivity index (χ3v) is 5.43. The molecule has 1 fully saturated rings. The molecule has 31 heavy (non-hydrogen) atoms. The van der Waals surface area contributed by atoms with E-state index in [1.165, 1.54) is 0 Å². The first-order valence-electron chi connectivity index (χ1n) is 10.8. The summed E-state index contributed by atoms with van der Waals surface area (Å²) in [4.78, 5) is 38.1. The Hall–Kier alpha value is -3.35. The van der Waals surface area contributed by atoms with Gasteiger partial charge >= 0.3 is 0 Å². The van der Waals surface area contributed by atoms with Crippen molar-refractivity contribution in [3.63, 3.8) is 0 Å². The number of likely N-dealkylation sites (tertiary alicyclic amines) is 1. The Labute approximate surface area is 183 Å². The predicted octanol–water partition coefficient (Wildman–Crippen LogP) is 3.96. The molecular formula is C24H30N4O3. The predicted molar refractivity (Wildman–Crippen MR) is 123 cm³/mol. The van der Waals surface area contributed by atoms with Crippen molar-refractivity contribution in [1.82, 2.24) is 4.90 Å². The van der Waals surface area contributed by atoms with Gasteiger partial charge in [-0.25, -0.2) is 0 Å². The fraction of sp³-hybridized carbons (Fsp3) is 0.375. The second-order valence-electron chi connectivity index (χ2n) is 7.93. The zero-order chi connectivity index (χ0) is 22.2. The minimum atomic E-state index is -0.188. The van der Waals surface area contributed by atoms with E-state index < -0.39 is 0 Å². The zero-order valence-corrected chi connectivity index (χ0v) is 18.1. The van der Waals surface area contributed by atoms with Gasteiger partial charge in [-0.05, 0) is 67.3 Å². The maximum absolute atomic E-state index is 12.6. The van der Waals surface area contributed by atoms with E-state index in [0.29, 0.717) is 23.6 Å². The minimum Gasteiger partial charge on any atom is -0.376 e. The molecule has 164 valence electrons. The van der Waals surface area contributed by atoms with E-state index in [0.717, 1.165) is 37.3 Å². The van der Waals surface area contributed by atoms with Crippen LogP contribution < -0.4 is 16.0 Å². The van der Waals surface area contributed by atoms with Crippen molar-refractivity contribution in [2.75, 3.05) is 35.6 Å². The van der Waals surface area contributed by atoms with Crippen LogP contribution in [0, 0.1) is 5.92 Å². The molecule has 0 saturated carbocycles. The van der Waals surface area contributed by atoms with E-state index >= 15 is 0 Å². The fourth-order valence-electron chi connectivity index (χ4n) is 3.40. The third-order valence-electron chi connectivity index (χ3n) is 5.43. The molecule has 0 aromatic heterocycles. The van der Waals surface area contributed by atoms with Crippen LogP contribution in [0.4, 0.5) is 17.1 Å². The Morgan fingerprint density at radius 3 is 1.94 bits per heavy atom. The molecule has 7 nitrogen and oxygen atoms in total. The molecule has 0 atom stereocenters. The second-order valence-corrected chi connectivity index (χ2v) is 7.93. The summed E-state index contributed by atoms with van der Waals surface area (Å²) in [5.74, 6) is 0.492. The number of carbonyl (C=O) groups excluding carboxylic acids is 3. The summed E-state index contributed by atoms with van der Waals surface area (Å²) in [6.45, 7) is 5.72. The molecule has 2 aromatic rings. The van der Waals surface area contributed by atoms with Gasteiger partial charge < -0.3 is 20.9 Å². The maximum Gasteiger partial charge on any atom is 0.253 e. The molecule has 0 bridgehead atoms. The fourth-order valence-corrected chi connectivity index (χ4v) is 3.40. The van der Waals surface area contributed by atoms with Crippen LogP contribution in [0.5, 0.6) is 0 Å². The van der Waals surface area contributed by atoms with E-state index in [9.17, 15) is 14.4 Å². The number of benzene rings is 2. The summed E-state index contributed by atoms with van der Waals surface area (Å²) < 4.78 is 0. The molecule has 3 rings (SSSR count). The summed E-state index contributed by atoms with van der Waals surface area (Å²) in [7, 11) is 0. The Kier molecular flexibility index (Phi) is 7.65. The normalized spacial score (nSPS) is 14.1. The average molecular weight is 423 g/mol. The lowest BCUT2D eigenvalue weighted by Gasteiger charge is -2.30. The highest BCUT2D eigenvalue weighted by molar-refractivity contribution is 5.97. The number of anilines is 3. The lowest BCUT2D eigenvalue weighted by Crippen LogP contribution is -2.37. The van der Waals surface area contributed by atoms with Crippen molar-refractivity contribution in [3.8, 4) is 0 Å². The molecule has 2 aromatic carbocycles. The van der Waals surface area contributed by atoms with Crippen LogP contribution in [0.15, 0.2) is 48.5 Å². The average Bonchev–Trinajstić information content (AvgIpc) is 2.79.